The van der Waals surface area contributed by atoms with Crippen LogP contribution in [-0.4, -0.2) is 31.1 Å². The SMILES string of the molecule is Cc1cc(C)cc(NC(=NC[C@H]2CCCO2)NC(=O)c2ccc(Cl)cc2)c1. The van der Waals surface area contributed by atoms with Crippen molar-refractivity contribution in [3.63, 3.8) is 0 Å². The summed E-state index contributed by atoms with van der Waals surface area (Å²) < 4.78 is 5.63. The predicted octanol–water partition coefficient (Wildman–Crippen LogP) is 4.33. The van der Waals surface area contributed by atoms with Gasteiger partial charge in [-0.25, -0.2) is 4.99 Å². The number of aliphatic imine (C=N–C) groups is 1. The van der Waals surface area contributed by atoms with Gasteiger partial charge in [-0.05, 0) is 74.2 Å². The quantitative estimate of drug-likeness (QED) is 0.608. The number of guanidine groups is 1. The second kappa shape index (κ2) is 9.02. The van der Waals surface area contributed by atoms with E-state index in [1.54, 1.807) is 24.3 Å². The van der Waals surface area contributed by atoms with Crippen molar-refractivity contribution in [2.24, 2.45) is 4.99 Å². The van der Waals surface area contributed by atoms with E-state index in [0.717, 1.165) is 36.3 Å². The summed E-state index contributed by atoms with van der Waals surface area (Å²) in [7, 11) is 0. The van der Waals surface area contributed by atoms with Gasteiger partial charge in [-0.3, -0.25) is 10.1 Å². The summed E-state index contributed by atoms with van der Waals surface area (Å²) in [5.41, 5.74) is 3.68. The molecule has 0 saturated carbocycles. The molecule has 5 nitrogen and oxygen atoms in total. The summed E-state index contributed by atoms with van der Waals surface area (Å²) in [5, 5.41) is 6.69. The number of amides is 1. The minimum atomic E-state index is -0.241. The number of benzene rings is 2. The molecule has 6 heteroatoms. The van der Waals surface area contributed by atoms with Crippen LogP contribution in [0.15, 0.2) is 47.5 Å². The highest BCUT2D eigenvalue weighted by Crippen LogP contribution is 2.15. The van der Waals surface area contributed by atoms with Crippen molar-refractivity contribution >= 4 is 29.2 Å². The molecule has 1 amide bonds. The van der Waals surface area contributed by atoms with Crippen LogP contribution in [0, 0.1) is 13.8 Å². The van der Waals surface area contributed by atoms with Crippen LogP contribution in [-0.2, 0) is 4.74 Å². The van der Waals surface area contributed by atoms with E-state index in [9.17, 15) is 4.79 Å². The molecule has 2 aromatic rings. The number of carbonyl (C=O) groups is 1. The molecular weight excluding hydrogens is 362 g/mol. The standard InChI is InChI=1S/C21H24ClN3O2/c1-14-10-15(2)12-18(11-14)24-21(23-13-19-4-3-9-27-19)25-20(26)16-5-7-17(22)8-6-16/h5-8,10-12,19H,3-4,9,13H2,1-2H3,(H2,23,24,25,26)/t19-/m1/s1. The van der Waals surface area contributed by atoms with Crippen LogP contribution in [0.1, 0.15) is 34.3 Å². The molecule has 0 unspecified atom stereocenters. The van der Waals surface area contributed by atoms with E-state index >= 15 is 0 Å². The van der Waals surface area contributed by atoms with Gasteiger partial charge in [-0.15, -0.1) is 0 Å². The van der Waals surface area contributed by atoms with E-state index in [0.29, 0.717) is 23.1 Å². The fourth-order valence-electron chi connectivity index (χ4n) is 3.06. The smallest absolute Gasteiger partial charge is 0.257 e. The zero-order valence-electron chi connectivity index (χ0n) is 15.6. The number of ether oxygens (including phenoxy) is 1. The molecule has 1 aliphatic heterocycles. The summed E-state index contributed by atoms with van der Waals surface area (Å²) >= 11 is 5.90. The van der Waals surface area contributed by atoms with Crippen LogP contribution in [0.25, 0.3) is 0 Å². The maximum Gasteiger partial charge on any atom is 0.257 e. The van der Waals surface area contributed by atoms with Crippen LogP contribution in [0.5, 0.6) is 0 Å². The molecule has 2 aromatic carbocycles. The maximum absolute atomic E-state index is 12.6. The largest absolute Gasteiger partial charge is 0.376 e. The highest BCUT2D eigenvalue weighted by molar-refractivity contribution is 6.30. The first kappa shape index (κ1) is 19.4. The van der Waals surface area contributed by atoms with Gasteiger partial charge in [0.15, 0.2) is 0 Å². The van der Waals surface area contributed by atoms with Gasteiger partial charge in [0.05, 0.1) is 12.6 Å². The van der Waals surface area contributed by atoms with Crippen molar-refractivity contribution in [3.8, 4) is 0 Å². The van der Waals surface area contributed by atoms with E-state index in [-0.39, 0.29) is 12.0 Å². The van der Waals surface area contributed by atoms with Gasteiger partial charge in [-0.1, -0.05) is 17.7 Å². The Morgan fingerprint density at radius 3 is 2.52 bits per heavy atom. The Morgan fingerprint density at radius 2 is 1.89 bits per heavy atom. The lowest BCUT2D eigenvalue weighted by Gasteiger charge is -2.14. The fourth-order valence-corrected chi connectivity index (χ4v) is 3.18. The summed E-state index contributed by atoms with van der Waals surface area (Å²) in [5.74, 6) is 0.171. The van der Waals surface area contributed by atoms with E-state index in [2.05, 4.69) is 21.7 Å². The number of halogens is 1. The molecule has 1 aliphatic rings. The van der Waals surface area contributed by atoms with Crippen molar-refractivity contribution < 1.29 is 9.53 Å². The highest BCUT2D eigenvalue weighted by atomic mass is 35.5. The number of nitrogens with one attached hydrogen (secondary N) is 2. The average Bonchev–Trinajstić information content (AvgIpc) is 3.13. The van der Waals surface area contributed by atoms with Crippen molar-refractivity contribution in [1.29, 1.82) is 0 Å². The molecule has 0 spiro atoms. The Kier molecular flexibility index (Phi) is 6.48. The van der Waals surface area contributed by atoms with E-state index < -0.39 is 0 Å². The molecule has 2 N–H and O–H groups in total. The summed E-state index contributed by atoms with van der Waals surface area (Å²) in [6.07, 6.45) is 2.15. The van der Waals surface area contributed by atoms with Gasteiger partial charge in [0.2, 0.25) is 5.96 Å². The Hall–Kier alpha value is -2.37. The molecule has 1 atom stereocenters. The van der Waals surface area contributed by atoms with Gasteiger partial charge in [0.1, 0.15) is 0 Å². The molecule has 0 bridgehead atoms. The number of aryl methyl sites for hydroxylation is 2. The molecule has 27 heavy (non-hydrogen) atoms. The maximum atomic E-state index is 12.6. The molecule has 1 saturated heterocycles. The Balaban J connectivity index is 1.76. The van der Waals surface area contributed by atoms with Crippen LogP contribution >= 0.6 is 11.6 Å². The highest BCUT2D eigenvalue weighted by Gasteiger charge is 2.16. The van der Waals surface area contributed by atoms with E-state index in [1.807, 2.05) is 26.0 Å². The predicted molar refractivity (Wildman–Crippen MR) is 110 cm³/mol. The number of carbonyl (C=O) groups excluding carboxylic acids is 1. The minimum Gasteiger partial charge on any atom is -0.376 e. The minimum absolute atomic E-state index is 0.105. The lowest BCUT2D eigenvalue weighted by molar-refractivity contribution is 0.0975. The summed E-state index contributed by atoms with van der Waals surface area (Å²) in [6, 6.07) is 12.9. The average molecular weight is 386 g/mol. The van der Waals surface area contributed by atoms with Gasteiger partial charge >= 0.3 is 0 Å². The molecule has 142 valence electrons. The van der Waals surface area contributed by atoms with Crippen LogP contribution < -0.4 is 10.6 Å². The molecule has 1 heterocycles. The molecular formula is C21H24ClN3O2. The van der Waals surface area contributed by atoms with Gasteiger partial charge in [0.25, 0.3) is 5.91 Å². The number of hydrogen-bond acceptors (Lipinski definition) is 3. The van der Waals surface area contributed by atoms with Gasteiger partial charge in [-0.2, -0.15) is 0 Å². The van der Waals surface area contributed by atoms with Crippen molar-refractivity contribution in [3.05, 3.63) is 64.2 Å². The van der Waals surface area contributed by atoms with Crippen molar-refractivity contribution in [2.75, 3.05) is 18.5 Å². The first-order chi connectivity index (χ1) is 13.0. The first-order valence-electron chi connectivity index (χ1n) is 9.08. The van der Waals surface area contributed by atoms with Gasteiger partial charge < -0.3 is 10.1 Å². The monoisotopic (exact) mass is 385 g/mol. The van der Waals surface area contributed by atoms with Crippen LogP contribution in [0.4, 0.5) is 5.69 Å². The van der Waals surface area contributed by atoms with Crippen LogP contribution in [0.3, 0.4) is 0 Å². The Labute approximate surface area is 164 Å². The van der Waals surface area contributed by atoms with E-state index in [1.165, 1.54) is 0 Å². The Bertz CT molecular complexity index is 808. The number of hydrogen-bond donors (Lipinski definition) is 2. The zero-order chi connectivity index (χ0) is 19.2. The molecule has 0 aromatic heterocycles. The number of rotatable bonds is 4. The third-order valence-corrected chi connectivity index (χ3v) is 4.55. The second-order valence-electron chi connectivity index (χ2n) is 6.79. The topological polar surface area (TPSA) is 62.7 Å². The van der Waals surface area contributed by atoms with Gasteiger partial charge in [0, 0.05) is 22.9 Å². The number of anilines is 1. The summed E-state index contributed by atoms with van der Waals surface area (Å²) in [4.78, 5) is 17.1. The normalized spacial score (nSPS) is 17.0. The van der Waals surface area contributed by atoms with Crippen molar-refractivity contribution in [2.45, 2.75) is 32.8 Å². The molecule has 3 rings (SSSR count). The second-order valence-corrected chi connectivity index (χ2v) is 7.22. The summed E-state index contributed by atoms with van der Waals surface area (Å²) in [6.45, 7) is 5.35. The third kappa shape index (κ3) is 5.81. The van der Waals surface area contributed by atoms with Crippen molar-refractivity contribution in [1.82, 2.24) is 5.32 Å². The Morgan fingerprint density at radius 1 is 1.19 bits per heavy atom. The van der Waals surface area contributed by atoms with E-state index in [4.69, 9.17) is 16.3 Å². The third-order valence-electron chi connectivity index (χ3n) is 4.30. The zero-order valence-corrected chi connectivity index (χ0v) is 16.3. The fraction of sp³-hybridized carbons (Fsp3) is 0.333. The van der Waals surface area contributed by atoms with Crippen LogP contribution in [0.2, 0.25) is 5.02 Å². The lowest BCUT2D eigenvalue weighted by Crippen LogP contribution is -2.36. The number of nitrogens with zero attached hydrogens (tertiary/aromatic N) is 1. The molecule has 1 fully saturated rings. The molecule has 0 radical (unpaired) electrons. The lowest BCUT2D eigenvalue weighted by atomic mass is 10.1. The molecule has 0 aliphatic carbocycles. The first-order valence-corrected chi connectivity index (χ1v) is 9.46.